The van der Waals surface area contributed by atoms with Gasteiger partial charge in [-0.3, -0.25) is 4.79 Å². The van der Waals surface area contributed by atoms with Crippen LogP contribution in [0.4, 0.5) is 5.82 Å². The number of hydrogen-bond donors (Lipinski definition) is 5. The van der Waals surface area contributed by atoms with Crippen molar-refractivity contribution in [2.45, 2.75) is 147 Å². The summed E-state index contributed by atoms with van der Waals surface area (Å²) in [4.78, 5) is 16.2. The standard InChI is InChI=1S/C36H58N2O5/c1-2-3-5-10-26-13-14-28(32(40)22-26)11-6-4-7-12-30(34(41)42)31(39)15-19-36(43)24-29(35(25-36)17-8-9-18-35)21-27-16-20-38-33(37)23-27/h13-14,16,20,23,26,28-32,39-40,43H,2-12,15,17-19,21-22,24-25H2,1H3,(H2,37,38)(H,41,42). The Morgan fingerprint density at radius 1 is 1.09 bits per heavy atom. The molecule has 1 heterocycles. The van der Waals surface area contributed by atoms with E-state index < -0.39 is 23.6 Å². The molecular formula is C36H58N2O5. The monoisotopic (exact) mass is 598 g/mol. The number of anilines is 1. The smallest absolute Gasteiger partial charge is 0.309 e. The van der Waals surface area contributed by atoms with Gasteiger partial charge in [0, 0.05) is 12.1 Å². The van der Waals surface area contributed by atoms with E-state index in [1.165, 1.54) is 32.1 Å². The van der Waals surface area contributed by atoms with Crippen LogP contribution in [0.15, 0.2) is 30.5 Å². The molecule has 3 aliphatic carbocycles. The van der Waals surface area contributed by atoms with Crippen LogP contribution in [0.1, 0.15) is 128 Å². The minimum atomic E-state index is -0.965. The molecule has 242 valence electrons. The lowest BCUT2D eigenvalue weighted by Crippen LogP contribution is -2.33. The van der Waals surface area contributed by atoms with E-state index in [1.807, 2.05) is 12.1 Å². The highest BCUT2D eigenvalue weighted by molar-refractivity contribution is 5.70. The number of carboxylic acid groups (broad SMARTS) is 1. The van der Waals surface area contributed by atoms with Crippen LogP contribution in [0.2, 0.25) is 0 Å². The van der Waals surface area contributed by atoms with Crippen molar-refractivity contribution >= 4 is 11.8 Å². The molecule has 0 radical (unpaired) electrons. The summed E-state index contributed by atoms with van der Waals surface area (Å²) in [7, 11) is 0. The zero-order valence-electron chi connectivity index (χ0n) is 26.5. The zero-order chi connectivity index (χ0) is 30.9. The number of rotatable bonds is 17. The van der Waals surface area contributed by atoms with Gasteiger partial charge in [0.15, 0.2) is 0 Å². The molecule has 1 spiro atoms. The number of nitrogens with two attached hydrogens (primary N) is 1. The van der Waals surface area contributed by atoms with Crippen LogP contribution in [-0.4, -0.2) is 49.2 Å². The fourth-order valence-corrected chi connectivity index (χ4v) is 8.77. The van der Waals surface area contributed by atoms with Gasteiger partial charge in [0.25, 0.3) is 0 Å². The molecule has 0 amide bonds. The van der Waals surface area contributed by atoms with E-state index in [0.717, 1.165) is 69.8 Å². The van der Waals surface area contributed by atoms with Gasteiger partial charge in [-0.05, 0) is 106 Å². The Kier molecular flexibility index (Phi) is 12.5. The van der Waals surface area contributed by atoms with E-state index in [4.69, 9.17) is 5.73 Å². The van der Waals surface area contributed by atoms with Gasteiger partial charge in [-0.2, -0.15) is 0 Å². The summed E-state index contributed by atoms with van der Waals surface area (Å²) in [5.74, 6) is -0.217. The van der Waals surface area contributed by atoms with E-state index >= 15 is 0 Å². The number of aliphatic hydroxyl groups excluding tert-OH is 2. The first-order valence-corrected chi connectivity index (χ1v) is 17.3. The first kappa shape index (κ1) is 33.9. The number of pyridine rings is 1. The molecule has 43 heavy (non-hydrogen) atoms. The molecule has 7 atom stereocenters. The number of nitrogen functional groups attached to an aromatic ring is 1. The van der Waals surface area contributed by atoms with E-state index in [0.29, 0.717) is 43.3 Å². The summed E-state index contributed by atoms with van der Waals surface area (Å²) in [6.07, 6.45) is 22.3. The van der Waals surface area contributed by atoms with E-state index in [-0.39, 0.29) is 17.4 Å². The van der Waals surface area contributed by atoms with Crippen molar-refractivity contribution in [3.05, 3.63) is 36.0 Å². The third-order valence-corrected chi connectivity index (χ3v) is 11.2. The zero-order valence-corrected chi connectivity index (χ0v) is 26.5. The molecule has 7 nitrogen and oxygen atoms in total. The van der Waals surface area contributed by atoms with Gasteiger partial charge in [-0.25, -0.2) is 4.98 Å². The maximum atomic E-state index is 12.1. The molecule has 6 N–H and O–H groups in total. The summed E-state index contributed by atoms with van der Waals surface area (Å²) in [6.45, 7) is 2.21. The second kappa shape index (κ2) is 15.9. The average Bonchev–Trinajstić information content (AvgIpc) is 3.54. The van der Waals surface area contributed by atoms with Crippen molar-refractivity contribution in [1.82, 2.24) is 4.98 Å². The van der Waals surface area contributed by atoms with Crippen LogP contribution in [-0.2, 0) is 11.2 Å². The minimum absolute atomic E-state index is 0.112. The molecule has 1 aromatic heterocycles. The Hall–Kier alpha value is -1.96. The third kappa shape index (κ3) is 9.51. The molecule has 2 saturated carbocycles. The van der Waals surface area contributed by atoms with Crippen molar-refractivity contribution in [3.8, 4) is 0 Å². The molecule has 3 aliphatic rings. The number of nitrogens with zero attached hydrogens (tertiary/aromatic N) is 1. The molecule has 0 saturated heterocycles. The van der Waals surface area contributed by atoms with Crippen LogP contribution >= 0.6 is 0 Å². The first-order valence-electron chi connectivity index (χ1n) is 17.3. The second-order valence-corrected chi connectivity index (χ2v) is 14.5. The summed E-state index contributed by atoms with van der Waals surface area (Å²) in [5.41, 5.74) is 6.32. The maximum Gasteiger partial charge on any atom is 0.309 e. The molecule has 0 aliphatic heterocycles. The van der Waals surface area contributed by atoms with Gasteiger partial charge in [-0.15, -0.1) is 0 Å². The van der Waals surface area contributed by atoms with Gasteiger partial charge in [0.1, 0.15) is 5.82 Å². The molecule has 1 aromatic rings. The van der Waals surface area contributed by atoms with Crippen molar-refractivity contribution in [2.75, 3.05) is 5.73 Å². The number of carboxylic acids is 1. The molecule has 0 bridgehead atoms. The van der Waals surface area contributed by atoms with Gasteiger partial charge < -0.3 is 26.2 Å². The van der Waals surface area contributed by atoms with Crippen LogP contribution in [0.3, 0.4) is 0 Å². The number of aliphatic hydroxyl groups is 3. The fraction of sp³-hybridized carbons (Fsp3) is 0.778. The first-order chi connectivity index (χ1) is 20.6. The summed E-state index contributed by atoms with van der Waals surface area (Å²) >= 11 is 0. The Morgan fingerprint density at radius 2 is 1.86 bits per heavy atom. The maximum absolute atomic E-state index is 12.1. The number of aromatic nitrogens is 1. The molecule has 2 fully saturated rings. The Morgan fingerprint density at radius 3 is 2.56 bits per heavy atom. The van der Waals surface area contributed by atoms with Crippen molar-refractivity contribution < 1.29 is 25.2 Å². The molecule has 0 aromatic carbocycles. The average molecular weight is 599 g/mol. The van der Waals surface area contributed by atoms with E-state index in [1.54, 1.807) is 6.20 Å². The largest absolute Gasteiger partial charge is 0.481 e. The highest BCUT2D eigenvalue weighted by Gasteiger charge is 2.54. The van der Waals surface area contributed by atoms with Crippen LogP contribution in [0, 0.1) is 29.1 Å². The lowest BCUT2D eigenvalue weighted by molar-refractivity contribution is -0.146. The van der Waals surface area contributed by atoms with Crippen molar-refractivity contribution in [2.24, 2.45) is 29.1 Å². The van der Waals surface area contributed by atoms with Crippen molar-refractivity contribution in [1.29, 1.82) is 0 Å². The van der Waals surface area contributed by atoms with E-state index in [2.05, 4.69) is 24.1 Å². The fourth-order valence-electron chi connectivity index (χ4n) is 8.77. The summed E-state index contributed by atoms with van der Waals surface area (Å²) in [5, 5.41) is 43.3. The lowest BCUT2D eigenvalue weighted by atomic mass is 9.73. The van der Waals surface area contributed by atoms with Crippen LogP contribution in [0.25, 0.3) is 0 Å². The molecular weight excluding hydrogens is 540 g/mol. The summed E-state index contributed by atoms with van der Waals surface area (Å²) in [6, 6.07) is 3.94. The predicted molar refractivity (Wildman–Crippen MR) is 171 cm³/mol. The van der Waals surface area contributed by atoms with Crippen LogP contribution < -0.4 is 5.73 Å². The number of aliphatic carboxylic acids is 1. The van der Waals surface area contributed by atoms with Gasteiger partial charge in [0.05, 0.1) is 23.7 Å². The van der Waals surface area contributed by atoms with Gasteiger partial charge >= 0.3 is 5.97 Å². The third-order valence-electron chi connectivity index (χ3n) is 11.2. The van der Waals surface area contributed by atoms with E-state index in [9.17, 15) is 25.2 Å². The Bertz CT molecular complexity index is 1040. The molecule has 7 unspecified atom stereocenters. The summed E-state index contributed by atoms with van der Waals surface area (Å²) < 4.78 is 0. The Labute approximate surface area is 259 Å². The Balaban J connectivity index is 1.21. The van der Waals surface area contributed by atoms with Gasteiger partial charge in [-0.1, -0.05) is 70.4 Å². The minimum Gasteiger partial charge on any atom is -0.481 e. The SMILES string of the molecule is CCCCCC1C=CC(CCCCCC(C(=O)O)C(O)CCC2(O)CC(Cc3ccnc(N)c3)C3(CCCC3)C2)C(O)C1. The number of allylic oxidation sites excluding steroid dienone is 1. The quantitative estimate of drug-likeness (QED) is 0.0978. The predicted octanol–water partition coefficient (Wildman–Crippen LogP) is 6.83. The van der Waals surface area contributed by atoms with Gasteiger partial charge in [0.2, 0.25) is 0 Å². The van der Waals surface area contributed by atoms with Crippen LogP contribution in [0.5, 0.6) is 0 Å². The molecule has 7 heteroatoms. The topological polar surface area (TPSA) is 137 Å². The number of unbranched alkanes of at least 4 members (excludes halogenated alkanes) is 4. The normalized spacial score (nSPS) is 29.7. The number of carbonyl (C=O) groups is 1. The highest BCUT2D eigenvalue weighted by Crippen LogP contribution is 2.59. The molecule has 4 rings (SSSR count). The number of hydrogen-bond acceptors (Lipinski definition) is 6. The second-order valence-electron chi connectivity index (χ2n) is 14.5. The lowest BCUT2D eigenvalue weighted by Gasteiger charge is -2.32. The van der Waals surface area contributed by atoms with Crippen molar-refractivity contribution in [3.63, 3.8) is 0 Å². The highest BCUT2D eigenvalue weighted by atomic mass is 16.4.